The van der Waals surface area contributed by atoms with Crippen LogP contribution in [-0.2, 0) is 6.42 Å². The molecule has 0 fully saturated rings. The summed E-state index contributed by atoms with van der Waals surface area (Å²) in [6.45, 7) is 2.01. The first-order valence-electron chi connectivity index (χ1n) is 7.96. The molecule has 0 heterocycles. The van der Waals surface area contributed by atoms with E-state index in [2.05, 4.69) is 22.8 Å². The summed E-state index contributed by atoms with van der Waals surface area (Å²) in [6.07, 6.45) is 0.886. The van der Waals surface area contributed by atoms with Crippen molar-refractivity contribution in [2.45, 2.75) is 13.3 Å². The molecule has 3 rings (SSSR count). The Labute approximate surface area is 142 Å². The molecule has 2 amide bonds. The number of aryl methyl sites for hydroxylation is 1. The van der Waals surface area contributed by atoms with Crippen LogP contribution in [0.25, 0.3) is 0 Å². The molecule has 0 aliphatic carbocycles. The number of nitrogens with one attached hydrogen (secondary N) is 2. The first-order chi connectivity index (χ1) is 11.7. The lowest BCUT2D eigenvalue weighted by atomic mass is 10.0. The number of benzene rings is 3. The van der Waals surface area contributed by atoms with Crippen molar-refractivity contribution < 1.29 is 4.79 Å². The van der Waals surface area contributed by atoms with E-state index in [-0.39, 0.29) is 6.03 Å². The SMILES string of the molecule is Cc1ccc(NC(=O)Nc2ccc(Cc3ccccc3)cc2)cc1. The molecule has 0 saturated heterocycles. The van der Waals surface area contributed by atoms with Crippen molar-refractivity contribution >= 4 is 17.4 Å². The quantitative estimate of drug-likeness (QED) is 0.680. The van der Waals surface area contributed by atoms with Crippen LogP contribution in [0.4, 0.5) is 16.2 Å². The number of amides is 2. The highest BCUT2D eigenvalue weighted by Crippen LogP contribution is 2.14. The van der Waals surface area contributed by atoms with E-state index in [1.807, 2.05) is 73.7 Å². The van der Waals surface area contributed by atoms with E-state index in [4.69, 9.17) is 0 Å². The molecule has 0 aromatic heterocycles. The molecular formula is C21H20N2O. The van der Waals surface area contributed by atoms with Gasteiger partial charge in [0.2, 0.25) is 0 Å². The maximum absolute atomic E-state index is 12.0. The molecule has 3 nitrogen and oxygen atoms in total. The summed E-state index contributed by atoms with van der Waals surface area (Å²) in [7, 11) is 0. The van der Waals surface area contributed by atoms with E-state index in [1.54, 1.807) is 0 Å². The molecule has 2 N–H and O–H groups in total. The monoisotopic (exact) mass is 316 g/mol. The third kappa shape index (κ3) is 4.46. The average molecular weight is 316 g/mol. The van der Waals surface area contributed by atoms with Gasteiger partial charge in [-0.3, -0.25) is 0 Å². The van der Waals surface area contributed by atoms with Crippen LogP contribution < -0.4 is 10.6 Å². The number of hydrogen-bond acceptors (Lipinski definition) is 1. The molecule has 0 bridgehead atoms. The smallest absolute Gasteiger partial charge is 0.308 e. The zero-order chi connectivity index (χ0) is 16.8. The van der Waals surface area contributed by atoms with E-state index in [1.165, 1.54) is 11.1 Å². The molecule has 3 aromatic rings. The fourth-order valence-corrected chi connectivity index (χ4v) is 2.47. The molecule has 120 valence electrons. The van der Waals surface area contributed by atoms with Gasteiger partial charge in [-0.2, -0.15) is 0 Å². The van der Waals surface area contributed by atoms with Gasteiger partial charge in [0.15, 0.2) is 0 Å². The maximum atomic E-state index is 12.0. The van der Waals surface area contributed by atoms with E-state index in [0.717, 1.165) is 23.4 Å². The average Bonchev–Trinajstić information content (AvgIpc) is 2.60. The summed E-state index contributed by atoms with van der Waals surface area (Å²) in [6, 6.07) is 25.7. The highest BCUT2D eigenvalue weighted by atomic mass is 16.2. The Morgan fingerprint density at radius 3 is 1.79 bits per heavy atom. The van der Waals surface area contributed by atoms with Crippen LogP contribution >= 0.6 is 0 Å². The van der Waals surface area contributed by atoms with Gasteiger partial charge in [0.1, 0.15) is 0 Å². The van der Waals surface area contributed by atoms with Crippen molar-refractivity contribution in [3.05, 3.63) is 95.6 Å². The number of rotatable bonds is 4. The Balaban J connectivity index is 1.57. The zero-order valence-electron chi connectivity index (χ0n) is 13.6. The molecule has 0 radical (unpaired) electrons. The standard InChI is InChI=1S/C21H20N2O/c1-16-7-11-19(12-8-16)22-21(24)23-20-13-9-18(10-14-20)15-17-5-3-2-4-6-17/h2-14H,15H2,1H3,(H2,22,23,24). The summed E-state index contributed by atoms with van der Waals surface area (Å²) in [5.74, 6) is 0. The Morgan fingerprint density at radius 1 is 0.708 bits per heavy atom. The molecule has 24 heavy (non-hydrogen) atoms. The lowest BCUT2D eigenvalue weighted by Crippen LogP contribution is -2.19. The first kappa shape index (κ1) is 15.8. The van der Waals surface area contributed by atoms with Gasteiger partial charge in [-0.1, -0.05) is 60.2 Å². The third-order valence-corrected chi connectivity index (χ3v) is 3.77. The first-order valence-corrected chi connectivity index (χ1v) is 7.96. The predicted molar refractivity (Wildman–Crippen MR) is 99.5 cm³/mol. The van der Waals surface area contributed by atoms with Crippen molar-refractivity contribution in [1.29, 1.82) is 0 Å². The molecule has 0 aliphatic heterocycles. The van der Waals surface area contributed by atoms with Crippen LogP contribution in [0.1, 0.15) is 16.7 Å². The van der Waals surface area contributed by atoms with E-state index < -0.39 is 0 Å². The molecule has 0 unspecified atom stereocenters. The lowest BCUT2D eigenvalue weighted by molar-refractivity contribution is 0.262. The van der Waals surface area contributed by atoms with E-state index >= 15 is 0 Å². The van der Waals surface area contributed by atoms with Gasteiger partial charge in [0, 0.05) is 11.4 Å². The van der Waals surface area contributed by atoms with Gasteiger partial charge >= 0.3 is 6.03 Å². The number of anilines is 2. The normalized spacial score (nSPS) is 10.2. The Morgan fingerprint density at radius 2 is 1.21 bits per heavy atom. The second-order valence-electron chi connectivity index (χ2n) is 5.80. The summed E-state index contributed by atoms with van der Waals surface area (Å²) in [5, 5.41) is 5.67. The number of carbonyl (C=O) groups is 1. The molecule has 3 heteroatoms. The second-order valence-corrected chi connectivity index (χ2v) is 5.80. The molecule has 3 aromatic carbocycles. The maximum Gasteiger partial charge on any atom is 0.323 e. The Hall–Kier alpha value is -3.07. The minimum atomic E-state index is -0.241. The molecule has 0 saturated carbocycles. The fourth-order valence-electron chi connectivity index (χ4n) is 2.47. The fraction of sp³-hybridized carbons (Fsp3) is 0.0952. The van der Waals surface area contributed by atoms with Gasteiger partial charge in [-0.25, -0.2) is 4.79 Å². The van der Waals surface area contributed by atoms with Gasteiger partial charge < -0.3 is 10.6 Å². The number of carbonyl (C=O) groups excluding carboxylic acids is 1. The summed E-state index contributed by atoms with van der Waals surface area (Å²) in [5.41, 5.74) is 5.20. The van der Waals surface area contributed by atoms with Crippen LogP contribution in [0.15, 0.2) is 78.9 Å². The largest absolute Gasteiger partial charge is 0.323 e. The van der Waals surface area contributed by atoms with Crippen LogP contribution in [0, 0.1) is 6.92 Å². The number of hydrogen-bond donors (Lipinski definition) is 2. The Bertz CT molecular complexity index is 794. The second kappa shape index (κ2) is 7.47. The highest BCUT2D eigenvalue weighted by Gasteiger charge is 2.03. The molecule has 0 aliphatic rings. The minimum absolute atomic E-state index is 0.241. The van der Waals surface area contributed by atoms with E-state index in [9.17, 15) is 4.79 Å². The minimum Gasteiger partial charge on any atom is -0.308 e. The van der Waals surface area contributed by atoms with Crippen LogP contribution in [0.5, 0.6) is 0 Å². The topological polar surface area (TPSA) is 41.1 Å². The van der Waals surface area contributed by atoms with Crippen LogP contribution in [0.2, 0.25) is 0 Å². The highest BCUT2D eigenvalue weighted by molar-refractivity contribution is 5.99. The number of urea groups is 1. The zero-order valence-corrected chi connectivity index (χ0v) is 13.6. The third-order valence-electron chi connectivity index (χ3n) is 3.77. The van der Waals surface area contributed by atoms with Gasteiger partial charge in [-0.05, 0) is 48.7 Å². The molecular weight excluding hydrogens is 296 g/mol. The van der Waals surface area contributed by atoms with Crippen LogP contribution in [-0.4, -0.2) is 6.03 Å². The van der Waals surface area contributed by atoms with Crippen LogP contribution in [0.3, 0.4) is 0 Å². The van der Waals surface area contributed by atoms with Crippen molar-refractivity contribution in [3.63, 3.8) is 0 Å². The van der Waals surface area contributed by atoms with Crippen molar-refractivity contribution in [1.82, 2.24) is 0 Å². The summed E-state index contributed by atoms with van der Waals surface area (Å²) < 4.78 is 0. The van der Waals surface area contributed by atoms with Gasteiger partial charge in [0.05, 0.1) is 0 Å². The lowest BCUT2D eigenvalue weighted by Gasteiger charge is -2.09. The van der Waals surface area contributed by atoms with Gasteiger partial charge in [-0.15, -0.1) is 0 Å². The molecule has 0 spiro atoms. The Kier molecular flexibility index (Phi) is 4.92. The van der Waals surface area contributed by atoms with E-state index in [0.29, 0.717) is 0 Å². The van der Waals surface area contributed by atoms with Crippen molar-refractivity contribution in [2.24, 2.45) is 0 Å². The van der Waals surface area contributed by atoms with Gasteiger partial charge in [0.25, 0.3) is 0 Å². The van der Waals surface area contributed by atoms with Crippen molar-refractivity contribution in [2.75, 3.05) is 10.6 Å². The predicted octanol–water partition coefficient (Wildman–Crippen LogP) is 5.23. The van der Waals surface area contributed by atoms with Crippen molar-refractivity contribution in [3.8, 4) is 0 Å². The summed E-state index contributed by atoms with van der Waals surface area (Å²) in [4.78, 5) is 12.0. The summed E-state index contributed by atoms with van der Waals surface area (Å²) >= 11 is 0. The molecule has 0 atom stereocenters.